The molecule has 0 aromatic heterocycles. The first-order valence-electron chi connectivity index (χ1n) is 4.82. The Labute approximate surface area is 69.0 Å². The van der Waals surface area contributed by atoms with Gasteiger partial charge in [-0.05, 0) is 44.4 Å². The first-order chi connectivity index (χ1) is 5.47. The summed E-state index contributed by atoms with van der Waals surface area (Å²) in [6.45, 7) is 0. The molecule has 2 rings (SSSR count). The van der Waals surface area contributed by atoms with Crippen molar-refractivity contribution in [1.82, 2.24) is 0 Å². The van der Waals surface area contributed by atoms with Gasteiger partial charge in [0.1, 0.15) is 0 Å². The maximum Gasteiger partial charge on any atom is -0.00232 e. The molecule has 0 aliphatic heterocycles. The zero-order valence-electron chi connectivity index (χ0n) is 7.05. The van der Waals surface area contributed by atoms with Gasteiger partial charge in [0.2, 0.25) is 0 Å². The normalized spacial score (nSPS) is 30.5. The highest BCUT2D eigenvalue weighted by Gasteiger charge is 2.15. The van der Waals surface area contributed by atoms with Crippen molar-refractivity contribution in [3.8, 4) is 0 Å². The lowest BCUT2D eigenvalue weighted by atomic mass is 9.89. The molecule has 0 spiro atoms. The number of rotatable bonds is 1. The summed E-state index contributed by atoms with van der Waals surface area (Å²) in [6.07, 6.45) is 15.5. The van der Waals surface area contributed by atoms with E-state index in [0.717, 1.165) is 5.92 Å². The van der Waals surface area contributed by atoms with Gasteiger partial charge in [-0.1, -0.05) is 23.8 Å². The molecular weight excluding hydrogens is 132 g/mol. The molecule has 0 aromatic carbocycles. The highest BCUT2D eigenvalue weighted by molar-refractivity contribution is 5.18. The SMILES string of the molecule is C1=CC(C2=CCCC2)CCC1. The summed E-state index contributed by atoms with van der Waals surface area (Å²) < 4.78 is 0. The van der Waals surface area contributed by atoms with Crippen LogP contribution in [0.5, 0.6) is 0 Å². The minimum Gasteiger partial charge on any atom is -0.0879 e. The highest BCUT2D eigenvalue weighted by atomic mass is 14.2. The van der Waals surface area contributed by atoms with Crippen LogP contribution in [0.1, 0.15) is 38.5 Å². The van der Waals surface area contributed by atoms with Crippen LogP contribution in [0.25, 0.3) is 0 Å². The van der Waals surface area contributed by atoms with Crippen LogP contribution in [0.2, 0.25) is 0 Å². The Morgan fingerprint density at radius 3 is 2.82 bits per heavy atom. The zero-order valence-corrected chi connectivity index (χ0v) is 7.05. The standard InChI is InChI=1S/C11H16/c1-2-6-10(7-3-1)11-8-4-5-9-11/h2,6,8,10H,1,3-5,7,9H2. The molecule has 0 aromatic rings. The molecule has 0 amide bonds. The maximum atomic E-state index is 2.46. The van der Waals surface area contributed by atoms with E-state index in [9.17, 15) is 0 Å². The molecule has 0 bridgehead atoms. The maximum absolute atomic E-state index is 2.46. The lowest BCUT2D eigenvalue weighted by molar-refractivity contribution is 0.592. The van der Waals surface area contributed by atoms with Gasteiger partial charge in [0.05, 0.1) is 0 Å². The van der Waals surface area contributed by atoms with E-state index in [0.29, 0.717) is 0 Å². The van der Waals surface area contributed by atoms with Gasteiger partial charge in [0, 0.05) is 0 Å². The van der Waals surface area contributed by atoms with Crippen LogP contribution in [0.3, 0.4) is 0 Å². The van der Waals surface area contributed by atoms with Gasteiger partial charge >= 0.3 is 0 Å². The molecule has 1 atom stereocenters. The van der Waals surface area contributed by atoms with Crippen LogP contribution in [-0.4, -0.2) is 0 Å². The molecular formula is C11H16. The quantitative estimate of drug-likeness (QED) is 0.499. The van der Waals surface area contributed by atoms with Crippen molar-refractivity contribution in [2.45, 2.75) is 38.5 Å². The molecule has 0 saturated heterocycles. The van der Waals surface area contributed by atoms with Gasteiger partial charge in [0.25, 0.3) is 0 Å². The molecule has 1 unspecified atom stereocenters. The van der Waals surface area contributed by atoms with E-state index in [1.165, 1.54) is 38.5 Å². The Morgan fingerprint density at radius 2 is 2.18 bits per heavy atom. The van der Waals surface area contributed by atoms with Crippen molar-refractivity contribution >= 4 is 0 Å². The summed E-state index contributed by atoms with van der Waals surface area (Å²) in [5.41, 5.74) is 1.72. The van der Waals surface area contributed by atoms with E-state index in [1.54, 1.807) is 5.57 Å². The van der Waals surface area contributed by atoms with Crippen molar-refractivity contribution in [3.05, 3.63) is 23.8 Å². The van der Waals surface area contributed by atoms with E-state index in [4.69, 9.17) is 0 Å². The molecule has 0 fully saturated rings. The van der Waals surface area contributed by atoms with Gasteiger partial charge < -0.3 is 0 Å². The lowest BCUT2D eigenvalue weighted by Crippen LogP contribution is -2.02. The number of hydrogen-bond acceptors (Lipinski definition) is 0. The summed E-state index contributed by atoms with van der Waals surface area (Å²) >= 11 is 0. The molecule has 11 heavy (non-hydrogen) atoms. The smallest absolute Gasteiger partial charge is 0.00232 e. The van der Waals surface area contributed by atoms with Crippen LogP contribution >= 0.6 is 0 Å². The Balaban J connectivity index is 2.02. The number of allylic oxidation sites excluding steroid dienone is 4. The highest BCUT2D eigenvalue weighted by Crippen LogP contribution is 2.31. The summed E-state index contributed by atoms with van der Waals surface area (Å²) in [5, 5.41) is 0. The first-order valence-corrected chi connectivity index (χ1v) is 4.82. The lowest BCUT2D eigenvalue weighted by Gasteiger charge is -2.17. The van der Waals surface area contributed by atoms with Crippen molar-refractivity contribution in [1.29, 1.82) is 0 Å². The van der Waals surface area contributed by atoms with Crippen LogP contribution in [0.4, 0.5) is 0 Å². The average molecular weight is 148 g/mol. The topological polar surface area (TPSA) is 0 Å². The second kappa shape index (κ2) is 3.25. The van der Waals surface area contributed by atoms with Gasteiger partial charge in [-0.2, -0.15) is 0 Å². The van der Waals surface area contributed by atoms with Crippen LogP contribution in [0.15, 0.2) is 23.8 Å². The summed E-state index contributed by atoms with van der Waals surface area (Å²) in [6, 6.07) is 0. The van der Waals surface area contributed by atoms with E-state index in [2.05, 4.69) is 18.2 Å². The first kappa shape index (κ1) is 7.15. The van der Waals surface area contributed by atoms with E-state index in [1.807, 2.05) is 0 Å². The molecule has 0 saturated carbocycles. The van der Waals surface area contributed by atoms with Gasteiger partial charge in [-0.15, -0.1) is 0 Å². The molecule has 2 aliphatic rings. The second-order valence-corrected chi connectivity index (χ2v) is 3.64. The molecule has 2 aliphatic carbocycles. The van der Waals surface area contributed by atoms with Gasteiger partial charge in [-0.3, -0.25) is 0 Å². The minimum atomic E-state index is 0.825. The summed E-state index contributed by atoms with van der Waals surface area (Å²) in [7, 11) is 0. The third kappa shape index (κ3) is 1.55. The largest absolute Gasteiger partial charge is 0.0879 e. The molecule has 0 N–H and O–H groups in total. The van der Waals surface area contributed by atoms with Crippen LogP contribution < -0.4 is 0 Å². The van der Waals surface area contributed by atoms with E-state index >= 15 is 0 Å². The molecule has 60 valence electrons. The Kier molecular flexibility index (Phi) is 2.11. The van der Waals surface area contributed by atoms with Crippen LogP contribution in [-0.2, 0) is 0 Å². The fraction of sp³-hybridized carbons (Fsp3) is 0.636. The predicted octanol–water partition coefficient (Wildman–Crippen LogP) is 3.45. The van der Waals surface area contributed by atoms with Crippen molar-refractivity contribution in [2.75, 3.05) is 0 Å². The second-order valence-electron chi connectivity index (χ2n) is 3.64. The monoisotopic (exact) mass is 148 g/mol. The molecule has 0 heteroatoms. The number of hydrogen-bond donors (Lipinski definition) is 0. The van der Waals surface area contributed by atoms with E-state index < -0.39 is 0 Å². The third-order valence-electron chi connectivity index (χ3n) is 2.81. The van der Waals surface area contributed by atoms with E-state index in [-0.39, 0.29) is 0 Å². The Bertz CT molecular complexity index is 186. The summed E-state index contributed by atoms with van der Waals surface area (Å²) in [4.78, 5) is 0. The van der Waals surface area contributed by atoms with Gasteiger partial charge in [0.15, 0.2) is 0 Å². The average Bonchev–Trinajstić information content (AvgIpc) is 2.58. The summed E-state index contributed by atoms with van der Waals surface area (Å²) in [5.74, 6) is 0.825. The van der Waals surface area contributed by atoms with Crippen molar-refractivity contribution in [3.63, 3.8) is 0 Å². The fourth-order valence-electron chi connectivity index (χ4n) is 2.15. The minimum absolute atomic E-state index is 0.825. The predicted molar refractivity (Wildman–Crippen MR) is 48.4 cm³/mol. The molecule has 0 radical (unpaired) electrons. The molecule has 0 heterocycles. The van der Waals surface area contributed by atoms with Crippen molar-refractivity contribution < 1.29 is 0 Å². The van der Waals surface area contributed by atoms with Crippen molar-refractivity contribution in [2.24, 2.45) is 5.92 Å². The third-order valence-corrected chi connectivity index (χ3v) is 2.81. The van der Waals surface area contributed by atoms with Crippen LogP contribution in [0, 0.1) is 5.92 Å². The van der Waals surface area contributed by atoms with Gasteiger partial charge in [-0.25, -0.2) is 0 Å². The Hall–Kier alpha value is -0.520. The zero-order chi connectivity index (χ0) is 7.52. The Morgan fingerprint density at radius 1 is 1.18 bits per heavy atom. The fourth-order valence-corrected chi connectivity index (χ4v) is 2.15. The molecule has 0 nitrogen and oxygen atoms in total.